The lowest BCUT2D eigenvalue weighted by molar-refractivity contribution is -0.153. The van der Waals surface area contributed by atoms with Crippen LogP contribution in [0.4, 0.5) is 13.2 Å². The Morgan fingerprint density at radius 1 is 1.26 bits per heavy atom. The molecule has 4 nitrogen and oxygen atoms in total. The maximum Gasteiger partial charge on any atom is 0.422 e. The number of ether oxygens (including phenoxy) is 1. The third kappa shape index (κ3) is 7.76. The molecule has 0 atom stereocenters. The number of hydrogen-bond donors (Lipinski definition) is 2. The maximum atomic E-state index is 12.3. The van der Waals surface area contributed by atoms with Gasteiger partial charge in [-0.05, 0) is 24.8 Å². The first kappa shape index (κ1) is 19.9. The van der Waals surface area contributed by atoms with Crippen LogP contribution in [0, 0.1) is 5.92 Å². The Labute approximate surface area is 150 Å². The molecule has 0 unspecified atom stereocenters. The fraction of sp³-hybridized carbons (Fsp3) is 0.533. The van der Waals surface area contributed by atoms with Crippen molar-refractivity contribution in [2.24, 2.45) is 10.9 Å². The molecule has 1 saturated carbocycles. The third-order valence-corrected chi connectivity index (χ3v) is 3.29. The monoisotopic (exact) mass is 443 g/mol. The van der Waals surface area contributed by atoms with Gasteiger partial charge in [0, 0.05) is 25.7 Å². The van der Waals surface area contributed by atoms with Crippen LogP contribution in [0.2, 0.25) is 0 Å². The molecule has 0 bridgehead atoms. The van der Waals surface area contributed by atoms with Gasteiger partial charge in [-0.1, -0.05) is 18.2 Å². The molecule has 23 heavy (non-hydrogen) atoms. The van der Waals surface area contributed by atoms with Gasteiger partial charge in [0.25, 0.3) is 0 Å². The minimum atomic E-state index is -4.34. The standard InChI is InChI=1S/C15H20F3N3O.HI/c1-19-14(20-8-11-6-7-11)21-9-12-4-2-3-5-13(12)22-10-15(16,17)18;/h2-5,11H,6-10H2,1H3,(H2,19,20,21);1H. The summed E-state index contributed by atoms with van der Waals surface area (Å²) in [6, 6.07) is 6.67. The summed E-state index contributed by atoms with van der Waals surface area (Å²) < 4.78 is 41.6. The highest BCUT2D eigenvalue weighted by Gasteiger charge is 2.28. The van der Waals surface area contributed by atoms with Gasteiger partial charge in [0.2, 0.25) is 0 Å². The van der Waals surface area contributed by atoms with Gasteiger partial charge >= 0.3 is 6.18 Å². The Morgan fingerprint density at radius 2 is 1.96 bits per heavy atom. The Bertz CT molecular complexity index is 519. The van der Waals surface area contributed by atoms with E-state index in [0.717, 1.165) is 6.54 Å². The molecule has 0 spiro atoms. The molecule has 1 aliphatic rings. The van der Waals surface area contributed by atoms with Crippen molar-refractivity contribution < 1.29 is 17.9 Å². The average Bonchev–Trinajstić information content (AvgIpc) is 3.29. The fourth-order valence-corrected chi connectivity index (χ4v) is 1.91. The molecule has 0 heterocycles. The van der Waals surface area contributed by atoms with E-state index in [9.17, 15) is 13.2 Å². The summed E-state index contributed by atoms with van der Waals surface area (Å²) in [5.41, 5.74) is 0.654. The number of nitrogens with zero attached hydrogens (tertiary/aromatic N) is 1. The van der Waals surface area contributed by atoms with Gasteiger partial charge in [-0.2, -0.15) is 13.2 Å². The SMILES string of the molecule is CN=C(NCc1ccccc1OCC(F)(F)F)NCC1CC1.I. The molecule has 0 saturated heterocycles. The van der Waals surface area contributed by atoms with E-state index in [4.69, 9.17) is 4.74 Å². The lowest BCUT2D eigenvalue weighted by atomic mass is 10.2. The predicted molar refractivity (Wildman–Crippen MR) is 94.3 cm³/mol. The zero-order valence-corrected chi connectivity index (χ0v) is 15.2. The second-order valence-corrected chi connectivity index (χ2v) is 5.26. The Morgan fingerprint density at radius 3 is 2.57 bits per heavy atom. The van der Waals surface area contributed by atoms with Crippen molar-refractivity contribution in [3.8, 4) is 5.75 Å². The minimum absolute atomic E-state index is 0. The van der Waals surface area contributed by atoms with Gasteiger partial charge in [0.1, 0.15) is 5.75 Å². The fourth-order valence-electron chi connectivity index (χ4n) is 1.91. The lowest BCUT2D eigenvalue weighted by Crippen LogP contribution is -2.38. The van der Waals surface area contributed by atoms with Crippen LogP contribution in [0.3, 0.4) is 0 Å². The summed E-state index contributed by atoms with van der Waals surface area (Å²) in [4.78, 5) is 4.09. The quantitative estimate of drug-likeness (QED) is 0.403. The molecule has 130 valence electrons. The molecule has 2 N–H and O–H groups in total. The molecule has 1 aromatic rings. The molecule has 0 aliphatic heterocycles. The molecule has 1 aliphatic carbocycles. The average molecular weight is 443 g/mol. The Hall–Kier alpha value is -1.19. The summed E-state index contributed by atoms with van der Waals surface area (Å²) in [5, 5.41) is 6.28. The largest absolute Gasteiger partial charge is 0.484 e. The van der Waals surface area contributed by atoms with Crippen LogP contribution in [0.15, 0.2) is 29.3 Å². The van der Waals surface area contributed by atoms with Crippen LogP contribution < -0.4 is 15.4 Å². The van der Waals surface area contributed by atoms with E-state index in [1.165, 1.54) is 18.9 Å². The molecule has 2 rings (SSSR count). The number of halogens is 4. The van der Waals surface area contributed by atoms with E-state index < -0.39 is 12.8 Å². The summed E-state index contributed by atoms with van der Waals surface area (Å²) in [5.74, 6) is 1.57. The number of benzene rings is 1. The zero-order chi connectivity index (χ0) is 16.0. The first-order chi connectivity index (χ1) is 10.5. The molecular weight excluding hydrogens is 422 g/mol. The summed E-state index contributed by atoms with van der Waals surface area (Å²) in [6.07, 6.45) is -1.88. The van der Waals surface area contributed by atoms with E-state index in [0.29, 0.717) is 24.0 Å². The van der Waals surface area contributed by atoms with Crippen LogP contribution >= 0.6 is 24.0 Å². The van der Waals surface area contributed by atoms with Gasteiger partial charge in [0.05, 0.1) is 0 Å². The summed E-state index contributed by atoms with van der Waals surface area (Å²) in [7, 11) is 1.66. The van der Waals surface area contributed by atoms with Crippen molar-refractivity contribution in [2.45, 2.75) is 25.6 Å². The zero-order valence-electron chi connectivity index (χ0n) is 12.8. The maximum absolute atomic E-state index is 12.3. The number of alkyl halides is 3. The first-order valence-corrected chi connectivity index (χ1v) is 7.20. The summed E-state index contributed by atoms with van der Waals surface area (Å²) in [6.45, 7) is -0.0804. The highest BCUT2D eigenvalue weighted by molar-refractivity contribution is 14.0. The normalized spacial score (nSPS) is 14.9. The van der Waals surface area contributed by atoms with Gasteiger partial charge in [-0.25, -0.2) is 0 Å². The topological polar surface area (TPSA) is 45.7 Å². The number of nitrogens with one attached hydrogen (secondary N) is 2. The minimum Gasteiger partial charge on any atom is -0.484 e. The first-order valence-electron chi connectivity index (χ1n) is 7.20. The molecule has 0 radical (unpaired) electrons. The van der Waals surface area contributed by atoms with Crippen LogP contribution in [0.1, 0.15) is 18.4 Å². The van der Waals surface area contributed by atoms with Gasteiger partial charge < -0.3 is 15.4 Å². The van der Waals surface area contributed by atoms with Gasteiger partial charge in [-0.3, -0.25) is 4.99 Å². The molecule has 1 aromatic carbocycles. The van der Waals surface area contributed by atoms with Crippen molar-refractivity contribution in [1.29, 1.82) is 0 Å². The number of guanidine groups is 1. The second kappa shape index (κ2) is 9.19. The van der Waals surface area contributed by atoms with Crippen LogP contribution in [0.25, 0.3) is 0 Å². The van der Waals surface area contributed by atoms with Gasteiger partial charge in [0.15, 0.2) is 12.6 Å². The van der Waals surface area contributed by atoms with E-state index >= 15 is 0 Å². The number of hydrogen-bond acceptors (Lipinski definition) is 2. The van der Waals surface area contributed by atoms with Crippen molar-refractivity contribution in [1.82, 2.24) is 10.6 Å². The Balaban J connectivity index is 0.00000264. The number of rotatable bonds is 6. The van der Waals surface area contributed by atoms with E-state index in [2.05, 4.69) is 15.6 Å². The third-order valence-electron chi connectivity index (χ3n) is 3.29. The lowest BCUT2D eigenvalue weighted by Gasteiger charge is -2.15. The van der Waals surface area contributed by atoms with E-state index in [-0.39, 0.29) is 29.7 Å². The van der Waals surface area contributed by atoms with E-state index in [1.807, 2.05) is 0 Å². The van der Waals surface area contributed by atoms with Crippen LogP contribution in [-0.2, 0) is 6.54 Å². The number of aliphatic imine (C=N–C) groups is 1. The molecule has 8 heteroatoms. The molecular formula is C15H21F3IN3O. The highest BCUT2D eigenvalue weighted by Crippen LogP contribution is 2.27. The van der Waals surface area contributed by atoms with Crippen molar-refractivity contribution in [2.75, 3.05) is 20.2 Å². The smallest absolute Gasteiger partial charge is 0.422 e. The Kier molecular flexibility index (Phi) is 7.93. The number of para-hydroxylation sites is 1. The van der Waals surface area contributed by atoms with Crippen LogP contribution in [-0.4, -0.2) is 32.3 Å². The molecule has 1 fully saturated rings. The van der Waals surface area contributed by atoms with Crippen LogP contribution in [0.5, 0.6) is 5.75 Å². The van der Waals surface area contributed by atoms with E-state index in [1.54, 1.807) is 25.2 Å². The van der Waals surface area contributed by atoms with Crippen molar-refractivity contribution in [3.05, 3.63) is 29.8 Å². The highest BCUT2D eigenvalue weighted by atomic mass is 127. The second-order valence-electron chi connectivity index (χ2n) is 5.26. The summed E-state index contributed by atoms with van der Waals surface area (Å²) >= 11 is 0. The predicted octanol–water partition coefficient (Wildman–Crippen LogP) is 3.32. The molecule has 0 amide bonds. The van der Waals surface area contributed by atoms with Gasteiger partial charge in [-0.15, -0.1) is 24.0 Å². The van der Waals surface area contributed by atoms with Crippen molar-refractivity contribution in [3.63, 3.8) is 0 Å². The molecule has 0 aromatic heterocycles. The van der Waals surface area contributed by atoms with Crippen molar-refractivity contribution >= 4 is 29.9 Å².